The molecule has 0 aromatic heterocycles. The Labute approximate surface area is 166 Å². The van der Waals surface area contributed by atoms with Crippen molar-refractivity contribution in [1.29, 1.82) is 0 Å². The quantitative estimate of drug-likeness (QED) is 0.510. The van der Waals surface area contributed by atoms with E-state index >= 15 is 0 Å². The molecule has 3 rings (SSSR count). The number of sulfonamides is 1. The molecular weight excluding hydrogens is 465 g/mol. The summed E-state index contributed by atoms with van der Waals surface area (Å²) in [4.78, 5) is 0.173. The van der Waals surface area contributed by atoms with E-state index in [0.29, 0.717) is 22.9 Å². The van der Waals surface area contributed by atoms with Crippen molar-refractivity contribution in [3.8, 4) is 17.2 Å². The van der Waals surface area contributed by atoms with Gasteiger partial charge in [-0.3, -0.25) is 4.72 Å². The van der Waals surface area contributed by atoms with E-state index in [2.05, 4.69) is 4.72 Å². The number of para-hydroxylation sites is 1. The number of hydrogen-bond donors (Lipinski definition) is 1. The molecule has 134 valence electrons. The Balaban J connectivity index is 1.74. The standard InChI is InChI=1S/C19H16INO4S/c1-24-19-12-11-17(13-18(19)20)26(22,23)21-14-7-9-16(10-8-14)25-15-5-3-2-4-6-15/h2-13,21H,1H3. The van der Waals surface area contributed by atoms with Gasteiger partial charge in [-0.25, -0.2) is 8.42 Å². The van der Waals surface area contributed by atoms with Crippen molar-refractivity contribution < 1.29 is 17.9 Å². The fraction of sp³-hybridized carbons (Fsp3) is 0.0526. The lowest BCUT2D eigenvalue weighted by Gasteiger charge is -2.11. The molecule has 0 aliphatic heterocycles. The third-order valence-corrected chi connectivity index (χ3v) is 5.74. The summed E-state index contributed by atoms with van der Waals surface area (Å²) in [5.74, 6) is 1.97. The van der Waals surface area contributed by atoms with E-state index in [4.69, 9.17) is 9.47 Å². The van der Waals surface area contributed by atoms with Crippen LogP contribution in [0.3, 0.4) is 0 Å². The summed E-state index contributed by atoms with van der Waals surface area (Å²) in [5, 5.41) is 0. The fourth-order valence-corrected chi connectivity index (χ4v) is 4.28. The topological polar surface area (TPSA) is 64.6 Å². The van der Waals surface area contributed by atoms with Gasteiger partial charge < -0.3 is 9.47 Å². The second-order valence-corrected chi connectivity index (χ2v) is 8.19. The molecule has 7 heteroatoms. The highest BCUT2D eigenvalue weighted by Crippen LogP contribution is 2.26. The van der Waals surface area contributed by atoms with Crippen molar-refractivity contribution in [1.82, 2.24) is 0 Å². The Hall–Kier alpha value is -2.26. The Morgan fingerprint density at radius 3 is 2.15 bits per heavy atom. The molecule has 0 unspecified atom stereocenters. The van der Waals surface area contributed by atoms with E-state index in [1.54, 1.807) is 43.5 Å². The van der Waals surface area contributed by atoms with Crippen molar-refractivity contribution in [2.45, 2.75) is 4.90 Å². The number of benzene rings is 3. The lowest BCUT2D eigenvalue weighted by atomic mass is 10.3. The Bertz CT molecular complexity index is 990. The zero-order valence-corrected chi connectivity index (χ0v) is 16.8. The van der Waals surface area contributed by atoms with Crippen molar-refractivity contribution in [3.05, 3.63) is 76.4 Å². The smallest absolute Gasteiger partial charge is 0.261 e. The molecule has 0 fully saturated rings. The largest absolute Gasteiger partial charge is 0.496 e. The predicted molar refractivity (Wildman–Crippen MR) is 109 cm³/mol. The summed E-state index contributed by atoms with van der Waals surface area (Å²) < 4.78 is 39.2. The number of halogens is 1. The minimum absolute atomic E-state index is 0.173. The molecule has 5 nitrogen and oxygen atoms in total. The number of nitrogens with one attached hydrogen (secondary N) is 1. The number of anilines is 1. The molecule has 0 atom stereocenters. The molecule has 0 amide bonds. The Morgan fingerprint density at radius 1 is 0.885 bits per heavy atom. The molecule has 0 saturated carbocycles. The fourth-order valence-electron chi connectivity index (χ4n) is 2.24. The monoisotopic (exact) mass is 481 g/mol. The molecule has 0 spiro atoms. The van der Waals surface area contributed by atoms with Crippen molar-refractivity contribution in [2.75, 3.05) is 11.8 Å². The first-order valence-electron chi connectivity index (χ1n) is 7.67. The summed E-state index contributed by atoms with van der Waals surface area (Å²) in [7, 11) is -2.14. The van der Waals surface area contributed by atoms with Gasteiger partial charge >= 0.3 is 0 Å². The third kappa shape index (κ3) is 4.47. The van der Waals surface area contributed by atoms with E-state index < -0.39 is 10.0 Å². The van der Waals surface area contributed by atoms with Gasteiger partial charge in [-0.05, 0) is 77.2 Å². The van der Waals surface area contributed by atoms with Crippen molar-refractivity contribution in [2.24, 2.45) is 0 Å². The number of rotatable bonds is 6. The first-order chi connectivity index (χ1) is 12.5. The minimum atomic E-state index is -3.68. The summed E-state index contributed by atoms with van der Waals surface area (Å²) >= 11 is 2.04. The number of ether oxygens (including phenoxy) is 2. The molecule has 1 N–H and O–H groups in total. The maximum absolute atomic E-state index is 12.5. The van der Waals surface area contributed by atoms with Gasteiger partial charge in [0, 0.05) is 5.69 Å². The summed E-state index contributed by atoms with van der Waals surface area (Å²) in [6, 6.07) is 20.8. The molecular formula is C19H16INO4S. The third-order valence-electron chi connectivity index (χ3n) is 3.52. The molecule has 0 aliphatic rings. The van der Waals surface area contributed by atoms with E-state index in [-0.39, 0.29) is 4.90 Å². The molecule has 26 heavy (non-hydrogen) atoms. The van der Waals surface area contributed by atoms with Crippen molar-refractivity contribution in [3.63, 3.8) is 0 Å². The molecule has 3 aromatic carbocycles. The average Bonchev–Trinajstić information content (AvgIpc) is 2.64. The Morgan fingerprint density at radius 2 is 1.54 bits per heavy atom. The minimum Gasteiger partial charge on any atom is -0.496 e. The molecule has 3 aromatic rings. The number of hydrogen-bond acceptors (Lipinski definition) is 4. The van der Waals surface area contributed by atoms with Crippen LogP contribution in [0.5, 0.6) is 17.2 Å². The summed E-state index contributed by atoms with van der Waals surface area (Å²) in [5.41, 5.74) is 0.455. The van der Waals surface area contributed by atoms with Crippen LogP contribution in [0.4, 0.5) is 5.69 Å². The predicted octanol–water partition coefficient (Wildman–Crippen LogP) is 4.89. The van der Waals surface area contributed by atoms with Gasteiger partial charge in [-0.15, -0.1) is 0 Å². The van der Waals surface area contributed by atoms with Gasteiger partial charge in [0.25, 0.3) is 10.0 Å². The van der Waals surface area contributed by atoms with Gasteiger partial charge in [-0.2, -0.15) is 0 Å². The van der Waals surface area contributed by atoms with Gasteiger partial charge in [0.05, 0.1) is 15.6 Å². The molecule has 0 saturated heterocycles. The first kappa shape index (κ1) is 18.5. The van der Waals surface area contributed by atoms with Crippen LogP contribution in [0, 0.1) is 3.57 Å². The van der Waals surface area contributed by atoms with Crippen LogP contribution in [0.15, 0.2) is 77.7 Å². The van der Waals surface area contributed by atoms with Gasteiger partial charge in [0.2, 0.25) is 0 Å². The van der Waals surface area contributed by atoms with Crippen molar-refractivity contribution >= 4 is 38.3 Å². The van der Waals surface area contributed by atoms with Crippen LogP contribution in [0.1, 0.15) is 0 Å². The van der Waals surface area contributed by atoms with Gasteiger partial charge in [0.1, 0.15) is 17.2 Å². The SMILES string of the molecule is COc1ccc(S(=O)(=O)Nc2ccc(Oc3ccccc3)cc2)cc1I. The zero-order chi connectivity index (χ0) is 18.6. The lowest BCUT2D eigenvalue weighted by molar-refractivity contribution is 0.411. The zero-order valence-electron chi connectivity index (χ0n) is 13.8. The highest BCUT2D eigenvalue weighted by atomic mass is 127. The van der Waals surface area contributed by atoms with Gasteiger partial charge in [0.15, 0.2) is 0 Å². The van der Waals surface area contributed by atoms with E-state index in [1.807, 2.05) is 52.9 Å². The van der Waals surface area contributed by atoms with Crippen LogP contribution in [0.25, 0.3) is 0 Å². The average molecular weight is 481 g/mol. The molecule has 0 bridgehead atoms. The maximum Gasteiger partial charge on any atom is 0.261 e. The normalized spacial score (nSPS) is 11.0. The van der Waals surface area contributed by atoms with Gasteiger partial charge in [-0.1, -0.05) is 18.2 Å². The Kier molecular flexibility index (Phi) is 5.67. The van der Waals surface area contributed by atoms with Crippen LogP contribution in [0.2, 0.25) is 0 Å². The van der Waals surface area contributed by atoms with Crippen LogP contribution >= 0.6 is 22.6 Å². The first-order valence-corrected chi connectivity index (χ1v) is 10.2. The van der Waals surface area contributed by atoms with E-state index in [1.165, 1.54) is 6.07 Å². The highest BCUT2D eigenvalue weighted by Gasteiger charge is 2.16. The van der Waals surface area contributed by atoms with Crippen LogP contribution in [-0.4, -0.2) is 15.5 Å². The highest BCUT2D eigenvalue weighted by molar-refractivity contribution is 14.1. The maximum atomic E-state index is 12.5. The second kappa shape index (κ2) is 7.96. The van der Waals surface area contributed by atoms with Crippen LogP contribution in [-0.2, 0) is 10.0 Å². The lowest BCUT2D eigenvalue weighted by Crippen LogP contribution is -2.13. The summed E-state index contributed by atoms with van der Waals surface area (Å²) in [6.07, 6.45) is 0. The van der Waals surface area contributed by atoms with E-state index in [0.717, 1.165) is 3.57 Å². The molecule has 0 radical (unpaired) electrons. The van der Waals surface area contributed by atoms with Crippen LogP contribution < -0.4 is 14.2 Å². The molecule has 0 aliphatic carbocycles. The summed E-state index contributed by atoms with van der Waals surface area (Å²) in [6.45, 7) is 0. The second-order valence-electron chi connectivity index (χ2n) is 5.34. The van der Waals surface area contributed by atoms with E-state index in [9.17, 15) is 8.42 Å². The number of methoxy groups -OCH3 is 1. The molecule has 0 heterocycles.